The van der Waals surface area contributed by atoms with E-state index < -0.39 is 0 Å². The lowest BCUT2D eigenvalue weighted by Crippen LogP contribution is -2.34. The second kappa shape index (κ2) is 4.37. The molecule has 1 unspecified atom stereocenters. The molecule has 0 bridgehead atoms. The summed E-state index contributed by atoms with van der Waals surface area (Å²) in [6.07, 6.45) is 0.799. The Bertz CT molecular complexity index is 634. The first-order chi connectivity index (χ1) is 9.31. The maximum absolute atomic E-state index is 13.2. The van der Waals surface area contributed by atoms with Gasteiger partial charge in [0.15, 0.2) is 0 Å². The van der Waals surface area contributed by atoms with Crippen LogP contribution in [0.5, 0.6) is 0 Å². The Kier molecular flexibility index (Phi) is 2.65. The van der Waals surface area contributed by atoms with E-state index in [2.05, 4.69) is 5.32 Å². The van der Waals surface area contributed by atoms with Crippen LogP contribution in [0.4, 0.5) is 4.39 Å². The predicted octanol–water partition coefficient (Wildman–Crippen LogP) is 2.51. The molecule has 5 heteroatoms. The third-order valence-electron chi connectivity index (χ3n) is 3.61. The summed E-state index contributed by atoms with van der Waals surface area (Å²) < 4.78 is 18.7. The van der Waals surface area contributed by atoms with Crippen LogP contribution in [0.3, 0.4) is 0 Å². The molecule has 0 spiro atoms. The van der Waals surface area contributed by atoms with Crippen LogP contribution >= 0.6 is 11.3 Å². The number of fused-ring (bicyclic) bond motifs is 3. The van der Waals surface area contributed by atoms with Crippen LogP contribution in [0.1, 0.15) is 21.5 Å². The molecule has 3 nitrogen and oxygen atoms in total. The quantitative estimate of drug-likeness (QED) is 0.741. The normalized spacial score (nSPS) is 21.2. The summed E-state index contributed by atoms with van der Waals surface area (Å²) in [5.41, 5.74) is 3.16. The Morgan fingerprint density at radius 1 is 1.42 bits per heavy atom. The summed E-state index contributed by atoms with van der Waals surface area (Å²) in [6.45, 7) is 2.32. The Hall–Kier alpha value is -1.30. The van der Waals surface area contributed by atoms with Gasteiger partial charge in [0.25, 0.3) is 0 Å². The van der Waals surface area contributed by atoms with Gasteiger partial charge in [-0.15, -0.1) is 11.3 Å². The maximum Gasteiger partial charge on any atom is 0.123 e. The second-order valence-corrected chi connectivity index (χ2v) is 6.00. The maximum atomic E-state index is 13.2. The number of rotatable bonds is 1. The number of hydrogen-bond acceptors (Lipinski definition) is 4. The molecule has 98 valence electrons. The molecule has 19 heavy (non-hydrogen) atoms. The van der Waals surface area contributed by atoms with E-state index in [0.717, 1.165) is 41.4 Å². The van der Waals surface area contributed by atoms with Gasteiger partial charge in [-0.3, -0.25) is 0 Å². The second-order valence-electron chi connectivity index (χ2n) is 4.88. The highest BCUT2D eigenvalue weighted by atomic mass is 32.1. The van der Waals surface area contributed by atoms with Crippen molar-refractivity contribution in [3.05, 3.63) is 39.5 Å². The van der Waals surface area contributed by atoms with Crippen molar-refractivity contribution in [2.24, 2.45) is 0 Å². The van der Waals surface area contributed by atoms with Gasteiger partial charge in [-0.25, -0.2) is 9.37 Å². The lowest BCUT2D eigenvalue weighted by atomic mass is 10.1. The fourth-order valence-electron chi connectivity index (χ4n) is 2.69. The topological polar surface area (TPSA) is 34.1 Å². The van der Waals surface area contributed by atoms with E-state index in [4.69, 9.17) is 9.72 Å². The van der Waals surface area contributed by atoms with Crippen molar-refractivity contribution >= 4 is 11.3 Å². The smallest absolute Gasteiger partial charge is 0.123 e. The van der Waals surface area contributed by atoms with Crippen molar-refractivity contribution in [2.45, 2.75) is 12.5 Å². The number of halogens is 1. The van der Waals surface area contributed by atoms with Crippen molar-refractivity contribution in [1.82, 2.24) is 10.3 Å². The van der Waals surface area contributed by atoms with Crippen molar-refractivity contribution in [3.63, 3.8) is 0 Å². The van der Waals surface area contributed by atoms with E-state index in [1.807, 2.05) is 6.07 Å². The zero-order valence-electron chi connectivity index (χ0n) is 10.3. The molecular weight excluding hydrogens is 263 g/mol. The van der Waals surface area contributed by atoms with Crippen LogP contribution in [0.15, 0.2) is 18.2 Å². The molecule has 4 rings (SSSR count). The fraction of sp³-hybridized carbons (Fsp3) is 0.357. The third-order valence-corrected chi connectivity index (χ3v) is 4.78. The van der Waals surface area contributed by atoms with Crippen molar-refractivity contribution in [3.8, 4) is 11.3 Å². The molecular formula is C14H13FN2OS. The summed E-state index contributed by atoms with van der Waals surface area (Å²) in [4.78, 5) is 5.98. The van der Waals surface area contributed by atoms with E-state index in [1.54, 1.807) is 17.4 Å². The van der Waals surface area contributed by atoms with Gasteiger partial charge in [-0.1, -0.05) is 0 Å². The van der Waals surface area contributed by atoms with Gasteiger partial charge in [0.2, 0.25) is 0 Å². The summed E-state index contributed by atoms with van der Waals surface area (Å²) in [7, 11) is 0. The lowest BCUT2D eigenvalue weighted by Gasteiger charge is -2.21. The van der Waals surface area contributed by atoms with Crippen LogP contribution in [0.2, 0.25) is 0 Å². The zero-order valence-corrected chi connectivity index (χ0v) is 11.1. The monoisotopic (exact) mass is 276 g/mol. The molecule has 2 aromatic rings. The van der Waals surface area contributed by atoms with Gasteiger partial charge in [0.1, 0.15) is 10.8 Å². The number of nitrogens with zero attached hydrogens (tertiary/aromatic N) is 1. The van der Waals surface area contributed by atoms with Crippen molar-refractivity contribution in [1.29, 1.82) is 0 Å². The van der Waals surface area contributed by atoms with E-state index in [9.17, 15) is 4.39 Å². The number of hydrogen-bond donors (Lipinski definition) is 1. The van der Waals surface area contributed by atoms with E-state index in [0.29, 0.717) is 6.61 Å². The zero-order chi connectivity index (χ0) is 12.8. The van der Waals surface area contributed by atoms with Gasteiger partial charge in [-0.2, -0.15) is 0 Å². The molecule has 2 aliphatic rings. The predicted molar refractivity (Wildman–Crippen MR) is 71.9 cm³/mol. The van der Waals surface area contributed by atoms with Crippen LogP contribution in [0.25, 0.3) is 11.3 Å². The van der Waals surface area contributed by atoms with Crippen LogP contribution in [-0.2, 0) is 11.2 Å². The van der Waals surface area contributed by atoms with Crippen LogP contribution < -0.4 is 5.32 Å². The first kappa shape index (κ1) is 11.5. The molecule has 1 fully saturated rings. The summed E-state index contributed by atoms with van der Waals surface area (Å²) in [5.74, 6) is -0.170. The molecule has 0 saturated carbocycles. The summed E-state index contributed by atoms with van der Waals surface area (Å²) in [5, 5.41) is 4.50. The van der Waals surface area contributed by atoms with Crippen LogP contribution in [0, 0.1) is 5.82 Å². The van der Waals surface area contributed by atoms with Gasteiger partial charge < -0.3 is 10.1 Å². The Balaban J connectivity index is 1.71. The SMILES string of the molecule is Fc1ccc2c(c1)Cc1sc(C3COCCN3)nc1-2. The molecule has 1 aromatic heterocycles. The fourth-order valence-corrected chi connectivity index (χ4v) is 3.85. The molecule has 1 aliphatic heterocycles. The average molecular weight is 276 g/mol. The van der Waals surface area contributed by atoms with Gasteiger partial charge in [0.05, 0.1) is 24.9 Å². The van der Waals surface area contributed by atoms with E-state index in [1.165, 1.54) is 10.9 Å². The Labute approximate surface area is 114 Å². The minimum Gasteiger partial charge on any atom is -0.378 e. The molecule has 1 N–H and O–H groups in total. The number of nitrogens with one attached hydrogen (secondary N) is 1. The first-order valence-electron chi connectivity index (χ1n) is 6.41. The van der Waals surface area contributed by atoms with E-state index in [-0.39, 0.29) is 11.9 Å². The van der Waals surface area contributed by atoms with Crippen molar-refractivity contribution < 1.29 is 9.13 Å². The minimum absolute atomic E-state index is 0.170. The Morgan fingerprint density at radius 3 is 3.21 bits per heavy atom. The van der Waals surface area contributed by atoms with E-state index >= 15 is 0 Å². The molecule has 1 aliphatic carbocycles. The number of morpholine rings is 1. The number of ether oxygens (including phenoxy) is 1. The van der Waals surface area contributed by atoms with Gasteiger partial charge in [0, 0.05) is 23.4 Å². The van der Waals surface area contributed by atoms with Gasteiger partial charge in [-0.05, 0) is 23.8 Å². The number of thiazole rings is 1. The highest BCUT2D eigenvalue weighted by Crippen LogP contribution is 2.41. The summed E-state index contributed by atoms with van der Waals surface area (Å²) >= 11 is 1.71. The third kappa shape index (κ3) is 1.89. The number of benzene rings is 1. The van der Waals surface area contributed by atoms with Crippen molar-refractivity contribution in [2.75, 3.05) is 19.8 Å². The molecule has 2 heterocycles. The lowest BCUT2D eigenvalue weighted by molar-refractivity contribution is 0.0768. The molecule has 0 radical (unpaired) electrons. The molecule has 0 amide bonds. The molecule has 1 atom stereocenters. The molecule has 1 saturated heterocycles. The first-order valence-corrected chi connectivity index (χ1v) is 7.22. The molecule has 1 aromatic carbocycles. The Morgan fingerprint density at radius 2 is 2.37 bits per heavy atom. The van der Waals surface area contributed by atoms with Crippen LogP contribution in [-0.4, -0.2) is 24.7 Å². The van der Waals surface area contributed by atoms with Gasteiger partial charge >= 0.3 is 0 Å². The highest BCUT2D eigenvalue weighted by Gasteiger charge is 2.27. The highest BCUT2D eigenvalue weighted by molar-refractivity contribution is 7.12. The standard InChI is InChI=1S/C14H13FN2OS/c15-9-1-2-10-8(5-9)6-12-13(10)17-14(19-12)11-7-18-4-3-16-11/h1-2,5,11,16H,3-4,6-7H2. The minimum atomic E-state index is -0.170. The summed E-state index contributed by atoms with van der Waals surface area (Å²) in [6, 6.07) is 5.17. The average Bonchev–Trinajstić information content (AvgIpc) is 2.96. The largest absolute Gasteiger partial charge is 0.378 e. The number of aromatic nitrogens is 1.